The van der Waals surface area contributed by atoms with Gasteiger partial charge in [-0.2, -0.15) is 0 Å². The van der Waals surface area contributed by atoms with Gasteiger partial charge in [-0.05, 0) is 13.3 Å². The molecule has 0 heterocycles. The Hall–Kier alpha value is -0.0800. The number of ether oxygens (including phenoxy) is 1. The molecule has 0 rings (SSSR count). The monoisotopic (exact) mass is 118 g/mol. The van der Waals surface area contributed by atoms with E-state index in [9.17, 15) is 0 Å². The Morgan fingerprint density at radius 3 is 2.62 bits per heavy atom. The molecule has 0 saturated heterocycles. The topological polar surface area (TPSA) is 29.5 Å². The number of hydrogen-bond donors (Lipinski definition) is 1. The fourth-order valence-corrected chi connectivity index (χ4v) is 0.372. The molecule has 0 amide bonds. The highest BCUT2D eigenvalue weighted by atomic mass is 16.5. The van der Waals surface area contributed by atoms with Gasteiger partial charge < -0.3 is 9.84 Å². The Morgan fingerprint density at radius 2 is 2.25 bits per heavy atom. The maximum Gasteiger partial charge on any atom is 0.0701 e. The molecule has 8 heavy (non-hydrogen) atoms. The lowest BCUT2D eigenvalue weighted by molar-refractivity contribution is 0.0374. The van der Waals surface area contributed by atoms with Gasteiger partial charge in [0.15, 0.2) is 0 Å². The van der Waals surface area contributed by atoms with Crippen LogP contribution in [0.25, 0.3) is 0 Å². The second-order valence-corrected chi connectivity index (χ2v) is 1.81. The molecule has 0 aromatic heterocycles. The van der Waals surface area contributed by atoms with Crippen molar-refractivity contribution in [3.05, 3.63) is 0 Å². The molecule has 0 saturated carbocycles. The molecule has 0 aromatic carbocycles. The summed E-state index contributed by atoms with van der Waals surface area (Å²) in [6.07, 6.45) is 1.31. The molecule has 0 radical (unpaired) electrons. The lowest BCUT2D eigenvalue weighted by atomic mass is 10.3. The molecule has 50 valence electrons. The van der Waals surface area contributed by atoms with E-state index in [0.29, 0.717) is 12.7 Å². The summed E-state index contributed by atoms with van der Waals surface area (Å²) in [6, 6.07) is 0. The van der Waals surface area contributed by atoms with Crippen LogP contribution in [-0.4, -0.2) is 24.4 Å². The van der Waals surface area contributed by atoms with Crippen LogP contribution in [-0.2, 0) is 4.74 Å². The van der Waals surface area contributed by atoms with Crippen LogP contribution in [0.15, 0.2) is 0 Å². The fraction of sp³-hybridized carbons (Fsp3) is 1.00. The molecule has 0 bridgehead atoms. The van der Waals surface area contributed by atoms with E-state index in [1.54, 1.807) is 0 Å². The first kappa shape index (κ1) is 7.92. The highest BCUT2D eigenvalue weighted by molar-refractivity contribution is 4.42. The van der Waals surface area contributed by atoms with E-state index >= 15 is 0 Å². The van der Waals surface area contributed by atoms with Gasteiger partial charge in [-0.25, -0.2) is 0 Å². The molecule has 2 nitrogen and oxygen atoms in total. The Kier molecular flexibility index (Phi) is 5.01. The maximum absolute atomic E-state index is 8.29. The Labute approximate surface area is 50.5 Å². The summed E-state index contributed by atoms with van der Waals surface area (Å²) in [5.41, 5.74) is 0. The predicted octanol–water partition coefficient (Wildman–Crippen LogP) is 0.794. The van der Waals surface area contributed by atoms with Crippen molar-refractivity contribution in [1.82, 2.24) is 0 Å². The second-order valence-electron chi connectivity index (χ2n) is 1.81. The molecule has 1 N–H and O–H groups in total. The average molecular weight is 118 g/mol. The number of aliphatic hydroxyl groups is 1. The fourth-order valence-electron chi connectivity index (χ4n) is 0.372. The highest BCUT2D eigenvalue weighted by Crippen LogP contribution is 1.93. The molecular weight excluding hydrogens is 104 g/mol. The third kappa shape index (κ3) is 4.09. The van der Waals surface area contributed by atoms with E-state index in [4.69, 9.17) is 9.84 Å². The summed E-state index contributed by atoms with van der Waals surface area (Å²) in [6.45, 7) is 4.65. The minimum Gasteiger partial charge on any atom is -0.394 e. The third-order valence-corrected chi connectivity index (χ3v) is 1.07. The zero-order valence-corrected chi connectivity index (χ0v) is 5.55. The van der Waals surface area contributed by atoms with Crippen molar-refractivity contribution >= 4 is 0 Å². The van der Waals surface area contributed by atoms with Crippen molar-refractivity contribution in [2.75, 3.05) is 13.2 Å². The maximum atomic E-state index is 8.29. The van der Waals surface area contributed by atoms with E-state index < -0.39 is 0 Å². The first-order valence-electron chi connectivity index (χ1n) is 3.03. The molecule has 0 aliphatic heterocycles. The molecule has 0 aliphatic rings. The average Bonchev–Trinajstić information content (AvgIpc) is 1.83. The van der Waals surface area contributed by atoms with Crippen LogP contribution in [0.5, 0.6) is 0 Å². The van der Waals surface area contributed by atoms with Crippen molar-refractivity contribution in [2.24, 2.45) is 0 Å². The van der Waals surface area contributed by atoms with E-state index in [0.717, 1.165) is 6.42 Å². The van der Waals surface area contributed by atoms with E-state index in [1.165, 1.54) is 0 Å². The van der Waals surface area contributed by atoms with Gasteiger partial charge in [0.1, 0.15) is 0 Å². The molecule has 0 aromatic rings. The summed E-state index contributed by atoms with van der Waals surface area (Å²) in [7, 11) is 0. The zero-order valence-electron chi connectivity index (χ0n) is 5.55. The third-order valence-electron chi connectivity index (χ3n) is 1.07. The van der Waals surface area contributed by atoms with E-state index in [-0.39, 0.29) is 6.61 Å². The number of aliphatic hydroxyl groups excluding tert-OH is 1. The van der Waals surface area contributed by atoms with Gasteiger partial charge in [-0.3, -0.25) is 0 Å². The van der Waals surface area contributed by atoms with E-state index in [1.807, 2.05) is 6.92 Å². The SMILES string of the molecule is CC[C@@H](C)OCCO. The standard InChI is InChI=1S/C6H14O2/c1-3-6(2)8-5-4-7/h6-7H,3-5H2,1-2H3/t6-/m1/s1. The molecule has 0 aliphatic carbocycles. The predicted molar refractivity (Wildman–Crippen MR) is 32.8 cm³/mol. The lowest BCUT2D eigenvalue weighted by Crippen LogP contribution is -2.09. The quantitative estimate of drug-likeness (QED) is 0.591. The van der Waals surface area contributed by atoms with Crippen molar-refractivity contribution in [3.8, 4) is 0 Å². The van der Waals surface area contributed by atoms with Crippen molar-refractivity contribution in [2.45, 2.75) is 26.4 Å². The van der Waals surface area contributed by atoms with Crippen molar-refractivity contribution < 1.29 is 9.84 Å². The molecule has 1 atom stereocenters. The molecule has 0 spiro atoms. The van der Waals surface area contributed by atoms with Gasteiger partial charge in [-0.1, -0.05) is 6.92 Å². The lowest BCUT2D eigenvalue weighted by Gasteiger charge is -2.07. The summed E-state index contributed by atoms with van der Waals surface area (Å²) >= 11 is 0. The van der Waals surface area contributed by atoms with Gasteiger partial charge in [0.05, 0.1) is 19.3 Å². The van der Waals surface area contributed by atoms with Gasteiger partial charge in [-0.15, -0.1) is 0 Å². The van der Waals surface area contributed by atoms with Crippen LogP contribution < -0.4 is 0 Å². The van der Waals surface area contributed by atoms with Crippen LogP contribution >= 0.6 is 0 Å². The highest BCUT2D eigenvalue weighted by Gasteiger charge is 1.94. The minimum atomic E-state index is 0.129. The van der Waals surface area contributed by atoms with Gasteiger partial charge in [0.25, 0.3) is 0 Å². The van der Waals surface area contributed by atoms with Crippen LogP contribution in [0.4, 0.5) is 0 Å². The summed E-state index contributed by atoms with van der Waals surface area (Å²) in [4.78, 5) is 0. The first-order valence-corrected chi connectivity index (χ1v) is 3.03. The molecule has 0 unspecified atom stereocenters. The van der Waals surface area contributed by atoms with Crippen molar-refractivity contribution in [3.63, 3.8) is 0 Å². The van der Waals surface area contributed by atoms with Crippen LogP contribution in [0, 0.1) is 0 Å². The van der Waals surface area contributed by atoms with Crippen LogP contribution in [0.1, 0.15) is 20.3 Å². The second kappa shape index (κ2) is 5.06. The zero-order chi connectivity index (χ0) is 6.41. The Morgan fingerprint density at radius 1 is 1.62 bits per heavy atom. The minimum absolute atomic E-state index is 0.129. The van der Waals surface area contributed by atoms with E-state index in [2.05, 4.69) is 6.92 Å². The molecular formula is C6H14O2. The molecule has 2 heteroatoms. The summed E-state index contributed by atoms with van der Waals surface area (Å²) < 4.78 is 5.09. The first-order chi connectivity index (χ1) is 3.81. The van der Waals surface area contributed by atoms with Gasteiger partial charge in [0, 0.05) is 0 Å². The van der Waals surface area contributed by atoms with Crippen LogP contribution in [0.3, 0.4) is 0 Å². The van der Waals surface area contributed by atoms with Gasteiger partial charge >= 0.3 is 0 Å². The summed E-state index contributed by atoms with van der Waals surface area (Å²) in [5, 5.41) is 8.29. The van der Waals surface area contributed by atoms with Crippen molar-refractivity contribution in [1.29, 1.82) is 0 Å². The largest absolute Gasteiger partial charge is 0.394 e. The van der Waals surface area contributed by atoms with Crippen LogP contribution in [0.2, 0.25) is 0 Å². The Balaban J connectivity index is 2.86. The number of rotatable bonds is 4. The molecule has 0 fully saturated rings. The number of hydrogen-bond acceptors (Lipinski definition) is 2. The van der Waals surface area contributed by atoms with Gasteiger partial charge in [0.2, 0.25) is 0 Å². The normalized spacial score (nSPS) is 13.9. The Bertz CT molecular complexity index is 45.8. The smallest absolute Gasteiger partial charge is 0.0701 e. The summed E-state index contributed by atoms with van der Waals surface area (Å²) in [5.74, 6) is 0.